The molecule has 0 spiro atoms. The zero-order chi connectivity index (χ0) is 20.0. The summed E-state index contributed by atoms with van der Waals surface area (Å²) in [6, 6.07) is 16.2. The van der Waals surface area contributed by atoms with Gasteiger partial charge >= 0.3 is 5.69 Å². The number of aromatic nitrogens is 5. The summed E-state index contributed by atoms with van der Waals surface area (Å²) in [6.07, 6.45) is 4.91. The predicted molar refractivity (Wildman–Crippen MR) is 115 cm³/mol. The minimum absolute atomic E-state index is 0.255. The van der Waals surface area contributed by atoms with Crippen LogP contribution in [-0.4, -0.2) is 30.4 Å². The van der Waals surface area contributed by atoms with E-state index in [2.05, 4.69) is 37.5 Å². The minimum atomic E-state index is -0.255. The van der Waals surface area contributed by atoms with Crippen LogP contribution >= 0.6 is 0 Å². The van der Waals surface area contributed by atoms with Crippen molar-refractivity contribution in [2.75, 3.05) is 6.54 Å². The molecule has 5 aromatic rings. The Kier molecular flexibility index (Phi) is 4.10. The van der Waals surface area contributed by atoms with E-state index in [1.165, 1.54) is 0 Å². The molecule has 0 saturated heterocycles. The Morgan fingerprint density at radius 1 is 1.00 bits per heavy atom. The summed E-state index contributed by atoms with van der Waals surface area (Å²) in [5, 5.41) is 9.10. The summed E-state index contributed by atoms with van der Waals surface area (Å²) in [7, 11) is 2.00. The smallest absolute Gasteiger partial charge is 0.348 e. The fourth-order valence-electron chi connectivity index (χ4n) is 4.07. The molecule has 0 radical (unpaired) electrons. The van der Waals surface area contributed by atoms with E-state index in [0.717, 1.165) is 46.0 Å². The summed E-state index contributed by atoms with van der Waals surface area (Å²) in [4.78, 5) is 12.8. The van der Waals surface area contributed by atoms with Crippen molar-refractivity contribution in [1.82, 2.24) is 23.9 Å². The molecule has 2 aromatic carbocycles. The van der Waals surface area contributed by atoms with Gasteiger partial charge in [0.15, 0.2) is 5.82 Å². The number of para-hydroxylation sites is 2. The number of fused-ring (bicyclic) bond motifs is 2. The maximum atomic E-state index is 12.8. The normalized spacial score (nSPS) is 11.7. The first kappa shape index (κ1) is 17.5. The summed E-state index contributed by atoms with van der Waals surface area (Å²) in [6.45, 7) is 1.42. The van der Waals surface area contributed by atoms with Gasteiger partial charge in [-0.15, -0.1) is 0 Å². The Morgan fingerprint density at radius 2 is 1.72 bits per heavy atom. The maximum Gasteiger partial charge on any atom is 0.348 e. The van der Waals surface area contributed by atoms with Gasteiger partial charge < -0.3 is 14.9 Å². The number of aryl methyl sites for hydroxylation is 2. The van der Waals surface area contributed by atoms with Gasteiger partial charge in [-0.05, 0) is 25.1 Å². The van der Waals surface area contributed by atoms with Crippen LogP contribution in [0.15, 0.2) is 65.7 Å². The van der Waals surface area contributed by atoms with Crippen LogP contribution in [0.1, 0.15) is 6.42 Å². The number of nitrogens with one attached hydrogen (secondary N) is 1. The number of benzene rings is 2. The van der Waals surface area contributed by atoms with E-state index in [9.17, 15) is 4.79 Å². The first-order valence-electron chi connectivity index (χ1n) is 9.69. The molecule has 146 valence electrons. The third kappa shape index (κ3) is 2.70. The van der Waals surface area contributed by atoms with Crippen molar-refractivity contribution in [1.29, 1.82) is 0 Å². The summed E-state index contributed by atoms with van der Waals surface area (Å²) >= 11 is 0. The van der Waals surface area contributed by atoms with Crippen LogP contribution in [-0.2, 0) is 13.6 Å². The molecule has 29 heavy (non-hydrogen) atoms. The van der Waals surface area contributed by atoms with E-state index in [4.69, 9.17) is 5.73 Å². The van der Waals surface area contributed by atoms with Gasteiger partial charge in [0.2, 0.25) is 0 Å². The molecule has 0 unspecified atom stereocenters. The van der Waals surface area contributed by atoms with E-state index >= 15 is 0 Å². The lowest BCUT2D eigenvalue weighted by Crippen LogP contribution is -2.15. The topological polar surface area (TPSA) is 86.6 Å². The maximum absolute atomic E-state index is 12.8. The van der Waals surface area contributed by atoms with Crippen LogP contribution in [0.3, 0.4) is 0 Å². The van der Waals surface area contributed by atoms with Crippen LogP contribution in [0.5, 0.6) is 0 Å². The monoisotopic (exact) mass is 386 g/mol. The van der Waals surface area contributed by atoms with Crippen molar-refractivity contribution in [3.05, 3.63) is 71.4 Å². The molecule has 7 heteroatoms. The van der Waals surface area contributed by atoms with Gasteiger partial charge in [-0.1, -0.05) is 36.4 Å². The lowest BCUT2D eigenvalue weighted by atomic mass is 10.1. The predicted octanol–water partition coefficient (Wildman–Crippen LogP) is 3.02. The Bertz CT molecular complexity index is 1380. The Balaban J connectivity index is 1.77. The standard InChI is InChI=1S/C22H22N6O/c1-26-13-17(15-7-2-4-9-18(15)26)21-24-25-22(29)28(21)20-14-27(12-6-11-23)19-10-5-3-8-16(19)20/h2-5,7-10,13-14H,6,11-12,23H2,1H3,(H,25,29). The highest BCUT2D eigenvalue weighted by Crippen LogP contribution is 2.32. The highest BCUT2D eigenvalue weighted by atomic mass is 16.1. The molecule has 0 saturated carbocycles. The lowest BCUT2D eigenvalue weighted by Gasteiger charge is -2.04. The van der Waals surface area contributed by atoms with Crippen molar-refractivity contribution >= 4 is 21.8 Å². The minimum Gasteiger partial charge on any atom is -0.350 e. The molecule has 0 aliphatic heterocycles. The van der Waals surface area contributed by atoms with Gasteiger partial charge in [-0.2, -0.15) is 5.10 Å². The van der Waals surface area contributed by atoms with E-state index in [0.29, 0.717) is 12.4 Å². The second kappa shape index (κ2) is 6.79. The second-order valence-corrected chi connectivity index (χ2v) is 7.23. The van der Waals surface area contributed by atoms with Crippen LogP contribution in [0, 0.1) is 0 Å². The number of rotatable bonds is 5. The molecule has 3 heterocycles. The Labute approximate surface area is 167 Å². The van der Waals surface area contributed by atoms with Crippen molar-refractivity contribution in [3.8, 4) is 17.1 Å². The van der Waals surface area contributed by atoms with Crippen molar-refractivity contribution in [3.63, 3.8) is 0 Å². The highest BCUT2D eigenvalue weighted by Gasteiger charge is 2.20. The van der Waals surface area contributed by atoms with Gasteiger partial charge in [0, 0.05) is 47.8 Å². The van der Waals surface area contributed by atoms with Crippen LogP contribution < -0.4 is 11.4 Å². The van der Waals surface area contributed by atoms with Crippen LogP contribution in [0.4, 0.5) is 0 Å². The fourth-order valence-corrected chi connectivity index (χ4v) is 4.07. The zero-order valence-corrected chi connectivity index (χ0v) is 16.2. The third-order valence-corrected chi connectivity index (χ3v) is 5.42. The number of hydrogen-bond acceptors (Lipinski definition) is 3. The summed E-state index contributed by atoms with van der Waals surface area (Å²) in [5.74, 6) is 0.605. The molecule has 3 N–H and O–H groups in total. The number of hydrogen-bond donors (Lipinski definition) is 2. The molecule has 5 rings (SSSR count). The van der Waals surface area contributed by atoms with Gasteiger partial charge in [0.05, 0.1) is 11.2 Å². The number of nitrogens with zero attached hydrogens (tertiary/aromatic N) is 4. The molecule has 0 fully saturated rings. The molecular formula is C22H22N6O. The summed E-state index contributed by atoms with van der Waals surface area (Å²) in [5.41, 5.74) is 9.37. The molecule has 7 nitrogen and oxygen atoms in total. The van der Waals surface area contributed by atoms with Gasteiger partial charge in [0.1, 0.15) is 0 Å². The first-order chi connectivity index (χ1) is 14.2. The molecule has 3 aromatic heterocycles. The largest absolute Gasteiger partial charge is 0.350 e. The average molecular weight is 386 g/mol. The van der Waals surface area contributed by atoms with E-state index in [1.54, 1.807) is 4.57 Å². The molecular weight excluding hydrogens is 364 g/mol. The van der Waals surface area contributed by atoms with Gasteiger partial charge in [-0.3, -0.25) is 0 Å². The highest BCUT2D eigenvalue weighted by molar-refractivity contribution is 5.96. The van der Waals surface area contributed by atoms with E-state index in [1.807, 2.05) is 49.8 Å². The molecule has 0 aliphatic rings. The Hall–Kier alpha value is -3.58. The van der Waals surface area contributed by atoms with Crippen molar-refractivity contribution in [2.45, 2.75) is 13.0 Å². The van der Waals surface area contributed by atoms with E-state index in [-0.39, 0.29) is 5.69 Å². The van der Waals surface area contributed by atoms with Crippen LogP contribution in [0.25, 0.3) is 38.9 Å². The quantitative estimate of drug-likeness (QED) is 0.487. The third-order valence-electron chi connectivity index (χ3n) is 5.42. The molecule has 0 atom stereocenters. The van der Waals surface area contributed by atoms with Crippen LogP contribution in [0.2, 0.25) is 0 Å². The van der Waals surface area contributed by atoms with Gasteiger partial charge in [0.25, 0.3) is 0 Å². The molecule has 0 amide bonds. The van der Waals surface area contributed by atoms with Crippen molar-refractivity contribution in [2.24, 2.45) is 12.8 Å². The fraction of sp³-hybridized carbons (Fsp3) is 0.182. The SMILES string of the molecule is Cn1cc(-c2n[nH]c(=O)n2-c2cn(CCCN)c3ccccc23)c2ccccc21. The van der Waals surface area contributed by atoms with Gasteiger partial charge in [-0.25, -0.2) is 14.5 Å². The van der Waals surface area contributed by atoms with Crippen molar-refractivity contribution < 1.29 is 0 Å². The molecule has 0 aliphatic carbocycles. The Morgan fingerprint density at radius 3 is 2.52 bits per heavy atom. The lowest BCUT2D eigenvalue weighted by molar-refractivity contribution is 0.669. The second-order valence-electron chi connectivity index (χ2n) is 7.23. The number of nitrogens with two attached hydrogens (primary N) is 1. The first-order valence-corrected chi connectivity index (χ1v) is 9.69. The van der Waals surface area contributed by atoms with E-state index < -0.39 is 0 Å². The molecule has 0 bridgehead atoms. The number of aromatic amines is 1. The summed E-state index contributed by atoms with van der Waals surface area (Å²) < 4.78 is 5.88. The number of H-pyrrole nitrogens is 1. The zero-order valence-electron chi connectivity index (χ0n) is 16.2. The average Bonchev–Trinajstić information content (AvgIpc) is 3.40.